The molecule has 0 radical (unpaired) electrons. The van der Waals surface area contributed by atoms with E-state index in [9.17, 15) is 0 Å². The standard InChI is InChI=1S/C12H24/c1-4-7-9-11-12(6-3)10-8-5-2/h7,9,12H,4-6,8,10-11H2,1-3H3. The third kappa shape index (κ3) is 6.45. The number of allylic oxidation sites excluding steroid dienone is 2. The molecule has 0 aromatic carbocycles. The third-order valence-corrected chi connectivity index (χ3v) is 2.42. The van der Waals surface area contributed by atoms with Gasteiger partial charge in [0.2, 0.25) is 0 Å². The smallest absolute Gasteiger partial charge is 0.0322 e. The van der Waals surface area contributed by atoms with Crippen molar-refractivity contribution in [1.29, 1.82) is 0 Å². The molecule has 0 heterocycles. The van der Waals surface area contributed by atoms with E-state index in [1.54, 1.807) is 0 Å². The SMILES string of the molecule is CCC=CCC(CC)CCCC. The van der Waals surface area contributed by atoms with Crippen LogP contribution in [-0.4, -0.2) is 0 Å². The zero-order valence-electron chi connectivity index (χ0n) is 8.97. The van der Waals surface area contributed by atoms with Crippen molar-refractivity contribution in [3.05, 3.63) is 12.2 Å². The van der Waals surface area contributed by atoms with Gasteiger partial charge in [-0.2, -0.15) is 0 Å². The van der Waals surface area contributed by atoms with Gasteiger partial charge in [-0.25, -0.2) is 0 Å². The lowest BCUT2D eigenvalue weighted by Crippen LogP contribution is -1.96. The van der Waals surface area contributed by atoms with Gasteiger partial charge in [0.05, 0.1) is 0 Å². The maximum Gasteiger partial charge on any atom is -0.0322 e. The molecule has 0 saturated carbocycles. The van der Waals surface area contributed by atoms with Crippen molar-refractivity contribution in [2.24, 2.45) is 5.92 Å². The van der Waals surface area contributed by atoms with Crippen LogP contribution < -0.4 is 0 Å². The molecule has 0 aliphatic carbocycles. The van der Waals surface area contributed by atoms with Crippen LogP contribution in [0.3, 0.4) is 0 Å². The fraction of sp³-hybridized carbons (Fsp3) is 0.833. The molecular weight excluding hydrogens is 144 g/mol. The van der Waals surface area contributed by atoms with Gasteiger partial charge in [0, 0.05) is 0 Å². The van der Waals surface area contributed by atoms with Crippen LogP contribution >= 0.6 is 0 Å². The van der Waals surface area contributed by atoms with Gasteiger partial charge in [-0.1, -0.05) is 58.6 Å². The van der Waals surface area contributed by atoms with E-state index in [1.807, 2.05) is 0 Å². The van der Waals surface area contributed by atoms with Crippen molar-refractivity contribution in [3.8, 4) is 0 Å². The Kier molecular flexibility index (Phi) is 8.64. The Morgan fingerprint density at radius 1 is 1.08 bits per heavy atom. The van der Waals surface area contributed by atoms with Crippen LogP contribution in [0.2, 0.25) is 0 Å². The lowest BCUT2D eigenvalue weighted by atomic mass is 9.96. The molecule has 1 unspecified atom stereocenters. The highest BCUT2D eigenvalue weighted by Gasteiger charge is 2.01. The van der Waals surface area contributed by atoms with Crippen LogP contribution in [0.5, 0.6) is 0 Å². The van der Waals surface area contributed by atoms with Gasteiger partial charge in [0.1, 0.15) is 0 Å². The van der Waals surface area contributed by atoms with E-state index in [0.717, 1.165) is 5.92 Å². The van der Waals surface area contributed by atoms with E-state index >= 15 is 0 Å². The van der Waals surface area contributed by atoms with Gasteiger partial charge in [-0.15, -0.1) is 0 Å². The second-order valence-electron chi connectivity index (χ2n) is 3.53. The highest BCUT2D eigenvalue weighted by atomic mass is 14.1. The lowest BCUT2D eigenvalue weighted by molar-refractivity contribution is 0.456. The van der Waals surface area contributed by atoms with Crippen molar-refractivity contribution in [2.75, 3.05) is 0 Å². The van der Waals surface area contributed by atoms with Crippen molar-refractivity contribution in [1.82, 2.24) is 0 Å². The highest BCUT2D eigenvalue weighted by molar-refractivity contribution is 4.82. The molecule has 0 fully saturated rings. The van der Waals surface area contributed by atoms with Crippen molar-refractivity contribution < 1.29 is 0 Å². The van der Waals surface area contributed by atoms with Gasteiger partial charge in [0.15, 0.2) is 0 Å². The average Bonchev–Trinajstić information content (AvgIpc) is 2.11. The minimum Gasteiger partial charge on any atom is -0.0888 e. The van der Waals surface area contributed by atoms with Crippen LogP contribution in [0.4, 0.5) is 0 Å². The highest BCUT2D eigenvalue weighted by Crippen LogP contribution is 2.16. The normalized spacial score (nSPS) is 13.9. The molecule has 0 heteroatoms. The fourth-order valence-electron chi connectivity index (χ4n) is 1.44. The molecule has 0 rings (SSSR count). The van der Waals surface area contributed by atoms with Crippen LogP contribution in [0, 0.1) is 5.92 Å². The number of rotatable bonds is 7. The summed E-state index contributed by atoms with van der Waals surface area (Å²) in [4.78, 5) is 0. The summed E-state index contributed by atoms with van der Waals surface area (Å²) in [6.07, 6.45) is 12.6. The Morgan fingerprint density at radius 2 is 1.83 bits per heavy atom. The molecule has 0 spiro atoms. The molecule has 0 saturated heterocycles. The Morgan fingerprint density at radius 3 is 2.33 bits per heavy atom. The second kappa shape index (κ2) is 8.83. The lowest BCUT2D eigenvalue weighted by Gasteiger charge is -2.10. The first-order valence-electron chi connectivity index (χ1n) is 5.50. The van der Waals surface area contributed by atoms with E-state index in [0.29, 0.717) is 0 Å². The van der Waals surface area contributed by atoms with Crippen molar-refractivity contribution in [3.63, 3.8) is 0 Å². The van der Waals surface area contributed by atoms with Crippen LogP contribution in [0.25, 0.3) is 0 Å². The van der Waals surface area contributed by atoms with E-state index in [1.165, 1.54) is 38.5 Å². The van der Waals surface area contributed by atoms with E-state index in [-0.39, 0.29) is 0 Å². The number of hydrogen-bond donors (Lipinski definition) is 0. The molecule has 0 amide bonds. The van der Waals surface area contributed by atoms with Gasteiger partial charge in [0.25, 0.3) is 0 Å². The van der Waals surface area contributed by atoms with E-state index in [2.05, 4.69) is 32.9 Å². The largest absolute Gasteiger partial charge is 0.0888 e. The topological polar surface area (TPSA) is 0 Å². The van der Waals surface area contributed by atoms with Crippen LogP contribution in [-0.2, 0) is 0 Å². The zero-order valence-corrected chi connectivity index (χ0v) is 8.97. The summed E-state index contributed by atoms with van der Waals surface area (Å²) in [5, 5.41) is 0. The first-order valence-corrected chi connectivity index (χ1v) is 5.50. The summed E-state index contributed by atoms with van der Waals surface area (Å²) < 4.78 is 0. The fourth-order valence-corrected chi connectivity index (χ4v) is 1.44. The maximum atomic E-state index is 2.35. The molecular formula is C12H24. The molecule has 72 valence electrons. The summed E-state index contributed by atoms with van der Waals surface area (Å²) in [5.41, 5.74) is 0. The first-order chi connectivity index (χ1) is 5.85. The zero-order chi connectivity index (χ0) is 9.23. The third-order valence-electron chi connectivity index (χ3n) is 2.42. The Balaban J connectivity index is 3.45. The van der Waals surface area contributed by atoms with E-state index in [4.69, 9.17) is 0 Å². The molecule has 0 bridgehead atoms. The molecule has 0 aromatic heterocycles. The summed E-state index contributed by atoms with van der Waals surface area (Å²) in [7, 11) is 0. The minimum atomic E-state index is 0.938. The van der Waals surface area contributed by atoms with Gasteiger partial charge >= 0.3 is 0 Å². The molecule has 1 atom stereocenters. The number of unbranched alkanes of at least 4 members (excludes halogenated alkanes) is 1. The number of hydrogen-bond acceptors (Lipinski definition) is 0. The summed E-state index contributed by atoms with van der Waals surface area (Å²) in [5.74, 6) is 0.938. The average molecular weight is 168 g/mol. The molecule has 0 nitrogen and oxygen atoms in total. The van der Waals surface area contributed by atoms with Crippen LogP contribution in [0.15, 0.2) is 12.2 Å². The summed E-state index contributed by atoms with van der Waals surface area (Å²) in [6, 6.07) is 0. The first kappa shape index (κ1) is 11.7. The quantitative estimate of drug-likeness (QED) is 0.489. The Bertz CT molecular complexity index is 103. The predicted molar refractivity (Wildman–Crippen MR) is 57.4 cm³/mol. The van der Waals surface area contributed by atoms with Gasteiger partial charge in [-0.05, 0) is 18.8 Å². The van der Waals surface area contributed by atoms with Gasteiger partial charge < -0.3 is 0 Å². The van der Waals surface area contributed by atoms with Crippen molar-refractivity contribution >= 4 is 0 Å². The second-order valence-corrected chi connectivity index (χ2v) is 3.53. The molecule has 0 aromatic rings. The van der Waals surface area contributed by atoms with Crippen LogP contribution in [0.1, 0.15) is 59.3 Å². The minimum absolute atomic E-state index is 0.938. The Labute approximate surface area is 78.1 Å². The summed E-state index contributed by atoms with van der Waals surface area (Å²) >= 11 is 0. The summed E-state index contributed by atoms with van der Waals surface area (Å²) in [6.45, 7) is 6.78. The van der Waals surface area contributed by atoms with E-state index < -0.39 is 0 Å². The van der Waals surface area contributed by atoms with Crippen molar-refractivity contribution in [2.45, 2.75) is 59.3 Å². The molecule has 0 aliphatic heterocycles. The Hall–Kier alpha value is -0.260. The maximum absolute atomic E-state index is 2.35. The monoisotopic (exact) mass is 168 g/mol. The molecule has 12 heavy (non-hydrogen) atoms. The molecule has 0 aliphatic rings. The molecule has 0 N–H and O–H groups in total. The predicted octanol–water partition coefficient (Wildman–Crippen LogP) is 4.56. The van der Waals surface area contributed by atoms with Gasteiger partial charge in [-0.3, -0.25) is 0 Å².